The molecule has 0 saturated carbocycles. The van der Waals surface area contributed by atoms with Gasteiger partial charge in [0.2, 0.25) is 11.8 Å². The molecule has 34 heavy (non-hydrogen) atoms. The van der Waals surface area contributed by atoms with Gasteiger partial charge in [0.25, 0.3) is 5.56 Å². The van der Waals surface area contributed by atoms with Gasteiger partial charge >= 0.3 is 5.69 Å². The van der Waals surface area contributed by atoms with Gasteiger partial charge in [-0.25, -0.2) is 4.79 Å². The van der Waals surface area contributed by atoms with Gasteiger partial charge in [-0.3, -0.25) is 23.9 Å². The Morgan fingerprint density at radius 3 is 2.44 bits per heavy atom. The van der Waals surface area contributed by atoms with E-state index < -0.39 is 17.3 Å². The van der Waals surface area contributed by atoms with E-state index in [0.717, 1.165) is 11.1 Å². The SMILES string of the molecule is Cc1cn(CC(=O)N2C(c3ccccc3)SC[C@H]2C(=O)NCCc2ccccc2)c(=O)[nH]c1=O. The molecule has 1 unspecified atom stereocenters. The normalized spacial score (nSPS) is 17.5. The average molecular weight is 479 g/mol. The number of nitrogens with one attached hydrogen (secondary N) is 2. The van der Waals surface area contributed by atoms with Crippen LogP contribution in [0.15, 0.2) is 76.4 Å². The van der Waals surface area contributed by atoms with E-state index in [1.807, 2.05) is 60.7 Å². The van der Waals surface area contributed by atoms with Gasteiger partial charge in [-0.1, -0.05) is 60.7 Å². The van der Waals surface area contributed by atoms with E-state index in [1.165, 1.54) is 22.5 Å². The molecule has 4 rings (SSSR count). The number of aryl methyl sites for hydroxylation is 1. The first-order chi connectivity index (χ1) is 16.4. The van der Waals surface area contributed by atoms with Crippen LogP contribution in [0.3, 0.4) is 0 Å². The summed E-state index contributed by atoms with van der Waals surface area (Å²) < 4.78 is 1.18. The van der Waals surface area contributed by atoms with Gasteiger partial charge < -0.3 is 10.2 Å². The van der Waals surface area contributed by atoms with E-state index >= 15 is 0 Å². The molecule has 0 aliphatic carbocycles. The Labute approximate surface area is 201 Å². The number of aromatic amines is 1. The molecule has 3 aromatic rings. The maximum absolute atomic E-state index is 13.4. The summed E-state index contributed by atoms with van der Waals surface area (Å²) in [4.78, 5) is 54.3. The summed E-state index contributed by atoms with van der Waals surface area (Å²) in [5, 5.41) is 2.61. The molecule has 0 bridgehead atoms. The first kappa shape index (κ1) is 23.6. The molecule has 2 heterocycles. The third-order valence-electron chi connectivity index (χ3n) is 5.73. The van der Waals surface area contributed by atoms with Gasteiger partial charge in [0.1, 0.15) is 18.0 Å². The second-order valence-electron chi connectivity index (χ2n) is 8.14. The van der Waals surface area contributed by atoms with Crippen LogP contribution in [0.1, 0.15) is 22.1 Å². The van der Waals surface area contributed by atoms with Crippen LogP contribution >= 0.6 is 11.8 Å². The fraction of sp³-hybridized carbons (Fsp3) is 0.280. The Bertz CT molecular complexity index is 1270. The summed E-state index contributed by atoms with van der Waals surface area (Å²) in [5.74, 6) is -0.141. The van der Waals surface area contributed by atoms with Crippen LogP contribution in [-0.4, -0.2) is 44.6 Å². The second kappa shape index (κ2) is 10.6. The third kappa shape index (κ3) is 5.31. The molecule has 0 radical (unpaired) electrons. The van der Waals surface area contributed by atoms with E-state index in [0.29, 0.717) is 24.3 Å². The standard InChI is InChI=1S/C25H26N4O4S/c1-17-14-28(25(33)27-22(17)31)15-21(30)29-20(16-34-24(29)19-10-6-3-7-11-19)23(32)26-13-12-18-8-4-2-5-9-18/h2-11,14,20,24H,12-13,15-16H2,1H3,(H,26,32)(H,27,31,33)/t20-,24?/m0/s1. The molecular formula is C25H26N4O4S. The fourth-order valence-electron chi connectivity index (χ4n) is 3.94. The highest BCUT2D eigenvalue weighted by molar-refractivity contribution is 7.99. The summed E-state index contributed by atoms with van der Waals surface area (Å²) in [7, 11) is 0. The number of thioether (sulfide) groups is 1. The lowest BCUT2D eigenvalue weighted by atomic mass is 10.1. The average Bonchev–Trinajstić information content (AvgIpc) is 3.29. The molecule has 1 aromatic heterocycles. The van der Waals surface area contributed by atoms with Crippen molar-refractivity contribution >= 4 is 23.6 Å². The first-order valence-electron chi connectivity index (χ1n) is 11.0. The summed E-state index contributed by atoms with van der Waals surface area (Å²) in [6.45, 7) is 1.76. The van der Waals surface area contributed by atoms with Crippen molar-refractivity contribution in [2.75, 3.05) is 12.3 Å². The van der Waals surface area contributed by atoms with E-state index in [4.69, 9.17) is 0 Å². The minimum atomic E-state index is -0.668. The predicted molar refractivity (Wildman–Crippen MR) is 131 cm³/mol. The minimum absolute atomic E-state index is 0.222. The van der Waals surface area contributed by atoms with E-state index in [9.17, 15) is 19.2 Å². The molecule has 1 aliphatic rings. The lowest BCUT2D eigenvalue weighted by Gasteiger charge is -2.29. The monoisotopic (exact) mass is 478 g/mol. The van der Waals surface area contributed by atoms with Gasteiger partial charge in [-0.2, -0.15) is 0 Å². The Hall–Kier alpha value is -3.59. The van der Waals surface area contributed by atoms with Crippen LogP contribution in [0.4, 0.5) is 0 Å². The van der Waals surface area contributed by atoms with Gasteiger partial charge in [0.05, 0.1) is 0 Å². The van der Waals surface area contributed by atoms with Gasteiger partial charge in [-0.15, -0.1) is 11.8 Å². The molecule has 1 aliphatic heterocycles. The minimum Gasteiger partial charge on any atom is -0.354 e. The van der Waals surface area contributed by atoms with Gasteiger partial charge in [-0.05, 0) is 24.5 Å². The summed E-state index contributed by atoms with van der Waals surface area (Å²) in [6.07, 6.45) is 2.06. The Morgan fingerprint density at radius 1 is 1.06 bits per heavy atom. The number of rotatable bonds is 7. The Morgan fingerprint density at radius 2 is 1.74 bits per heavy atom. The summed E-state index contributed by atoms with van der Waals surface area (Å²) >= 11 is 1.52. The largest absolute Gasteiger partial charge is 0.354 e. The zero-order valence-electron chi connectivity index (χ0n) is 18.8. The number of benzene rings is 2. The van der Waals surface area contributed by atoms with Crippen molar-refractivity contribution in [2.24, 2.45) is 0 Å². The third-order valence-corrected chi connectivity index (χ3v) is 7.05. The fourth-order valence-corrected chi connectivity index (χ4v) is 5.39. The van der Waals surface area contributed by atoms with Crippen LogP contribution in [0, 0.1) is 6.92 Å². The van der Waals surface area contributed by atoms with E-state index in [2.05, 4.69) is 10.3 Å². The van der Waals surface area contributed by atoms with Crippen LogP contribution in [-0.2, 0) is 22.6 Å². The van der Waals surface area contributed by atoms with Crippen molar-refractivity contribution in [1.82, 2.24) is 19.8 Å². The molecular weight excluding hydrogens is 452 g/mol. The number of aromatic nitrogens is 2. The second-order valence-corrected chi connectivity index (χ2v) is 9.25. The number of carbonyl (C=O) groups is 2. The van der Waals surface area contributed by atoms with Crippen molar-refractivity contribution < 1.29 is 9.59 Å². The Balaban J connectivity index is 1.54. The van der Waals surface area contributed by atoms with Gasteiger partial charge in [0.15, 0.2) is 0 Å². The lowest BCUT2D eigenvalue weighted by molar-refractivity contribution is -0.140. The van der Waals surface area contributed by atoms with Crippen molar-refractivity contribution in [2.45, 2.75) is 31.3 Å². The highest BCUT2D eigenvalue weighted by Crippen LogP contribution is 2.41. The number of hydrogen-bond donors (Lipinski definition) is 2. The molecule has 9 heteroatoms. The highest BCUT2D eigenvalue weighted by Gasteiger charge is 2.42. The topological polar surface area (TPSA) is 104 Å². The predicted octanol–water partition coefficient (Wildman–Crippen LogP) is 1.85. The molecule has 2 N–H and O–H groups in total. The molecule has 2 amide bonds. The van der Waals surface area contributed by atoms with Crippen molar-refractivity contribution in [3.8, 4) is 0 Å². The molecule has 2 atom stereocenters. The molecule has 8 nitrogen and oxygen atoms in total. The number of carbonyl (C=O) groups excluding carboxylic acids is 2. The van der Waals surface area contributed by atoms with E-state index in [1.54, 1.807) is 11.8 Å². The van der Waals surface area contributed by atoms with Crippen molar-refractivity contribution in [3.63, 3.8) is 0 Å². The molecule has 2 aromatic carbocycles. The quantitative estimate of drug-likeness (QED) is 0.539. The van der Waals surface area contributed by atoms with Gasteiger partial charge in [0, 0.05) is 24.1 Å². The molecule has 1 fully saturated rings. The summed E-state index contributed by atoms with van der Waals surface area (Å²) in [5.41, 5.74) is 1.22. The molecule has 176 valence electrons. The van der Waals surface area contributed by atoms with Crippen molar-refractivity contribution in [3.05, 3.63) is 104 Å². The van der Waals surface area contributed by atoms with E-state index in [-0.39, 0.29) is 23.7 Å². The maximum Gasteiger partial charge on any atom is 0.328 e. The lowest BCUT2D eigenvalue weighted by Crippen LogP contribution is -2.50. The smallest absolute Gasteiger partial charge is 0.328 e. The van der Waals surface area contributed by atoms with Crippen LogP contribution in [0.25, 0.3) is 0 Å². The van der Waals surface area contributed by atoms with Crippen LogP contribution in [0.5, 0.6) is 0 Å². The van der Waals surface area contributed by atoms with Crippen LogP contribution < -0.4 is 16.6 Å². The number of H-pyrrole nitrogens is 1. The zero-order valence-corrected chi connectivity index (χ0v) is 19.6. The maximum atomic E-state index is 13.4. The Kier molecular flexibility index (Phi) is 7.32. The van der Waals surface area contributed by atoms with Crippen LogP contribution in [0.2, 0.25) is 0 Å². The van der Waals surface area contributed by atoms with Crippen molar-refractivity contribution in [1.29, 1.82) is 0 Å². The number of amides is 2. The highest BCUT2D eigenvalue weighted by atomic mass is 32.2. The number of hydrogen-bond acceptors (Lipinski definition) is 5. The first-order valence-corrected chi connectivity index (χ1v) is 12.1. The summed E-state index contributed by atoms with van der Waals surface area (Å²) in [6, 6.07) is 18.7. The number of nitrogens with zero attached hydrogens (tertiary/aromatic N) is 2. The molecule has 1 saturated heterocycles. The zero-order chi connectivity index (χ0) is 24.1. The molecule has 0 spiro atoms.